The van der Waals surface area contributed by atoms with Crippen LogP contribution in [0.4, 0.5) is 34.4 Å². The minimum absolute atomic E-state index is 0.331. The normalized spacial score (nSPS) is 13.5. The highest BCUT2D eigenvalue weighted by molar-refractivity contribution is 6.69. The molecule has 7 rings (SSSR count). The average Bonchev–Trinajstić information content (AvgIpc) is 3.14. The number of anilines is 5. The minimum Gasteiger partial charge on any atom is -0.356 e. The second kappa shape index (κ2) is 13.7. The summed E-state index contributed by atoms with van der Waals surface area (Å²) in [6, 6.07) is 49.0. The van der Waals surface area contributed by atoms with E-state index in [1.54, 1.807) is 23.9 Å². The summed E-state index contributed by atoms with van der Waals surface area (Å²) >= 11 is 0. The van der Waals surface area contributed by atoms with Crippen molar-refractivity contribution >= 4 is 57.0 Å². The van der Waals surface area contributed by atoms with Crippen molar-refractivity contribution in [2.24, 2.45) is 5.10 Å². The molecule has 0 spiro atoms. The van der Waals surface area contributed by atoms with Crippen molar-refractivity contribution in [2.75, 3.05) is 10.2 Å². The number of nitrogens with zero attached hydrogens (tertiary/aromatic N) is 4. The van der Waals surface area contributed by atoms with Gasteiger partial charge < -0.3 is 10.2 Å². The number of aromatic nitrogens is 2. The van der Waals surface area contributed by atoms with Gasteiger partial charge in [0.2, 0.25) is 0 Å². The molecule has 0 fully saturated rings. The number of hydrogen-bond donors (Lipinski definition) is 3. The van der Waals surface area contributed by atoms with E-state index in [1.807, 2.05) is 103 Å². The van der Waals surface area contributed by atoms with Gasteiger partial charge in [0.05, 0.1) is 5.71 Å². The summed E-state index contributed by atoms with van der Waals surface area (Å²) in [5.74, 6) is 0.483. The maximum Gasteiger partial charge on any atom is 0.352 e. The SMILES string of the molecule is N=C1C(c2ccc(Nc3ccccc3)cc2)=CC=C(c2ccc(N(c3ccccc3)c3ccccc3)cc2)C1=N[NH2+]c1ncccn1. The van der Waals surface area contributed by atoms with Crippen molar-refractivity contribution in [2.45, 2.75) is 0 Å². The standard InChI is InChI=1S/C40H31N7/c41-38-36(29-17-21-32(22-18-29)44-31-11-4-1-5-12-31)25-26-37(39(38)45-46-40-42-27-10-28-43-40)30-19-23-35(24-20-30)47(33-13-6-2-7-14-33)34-15-8-3-9-16-34/h1-28,41,44H,(H,42,43,46)/p+1. The van der Waals surface area contributed by atoms with Crippen LogP contribution in [0.3, 0.4) is 0 Å². The van der Waals surface area contributed by atoms with Gasteiger partial charge in [0, 0.05) is 52.0 Å². The van der Waals surface area contributed by atoms with Crippen molar-refractivity contribution in [3.05, 3.63) is 181 Å². The average molecular weight is 611 g/mol. The van der Waals surface area contributed by atoms with Gasteiger partial charge in [-0.3, -0.25) is 5.41 Å². The molecule has 5 aromatic carbocycles. The molecular weight excluding hydrogens is 578 g/mol. The first-order valence-corrected chi connectivity index (χ1v) is 15.4. The van der Waals surface area contributed by atoms with E-state index in [9.17, 15) is 5.41 Å². The Hall–Kier alpha value is -6.44. The maximum atomic E-state index is 9.33. The van der Waals surface area contributed by atoms with E-state index in [1.165, 1.54) is 0 Å². The molecule has 1 aromatic heterocycles. The van der Waals surface area contributed by atoms with Crippen LogP contribution >= 0.6 is 0 Å². The molecular formula is C40H32N7+. The molecule has 0 atom stereocenters. The molecule has 47 heavy (non-hydrogen) atoms. The zero-order valence-corrected chi connectivity index (χ0v) is 25.5. The third-order valence-electron chi connectivity index (χ3n) is 7.80. The van der Waals surface area contributed by atoms with Gasteiger partial charge in [-0.2, -0.15) is 15.4 Å². The molecule has 7 heteroatoms. The Labute approximate surface area is 273 Å². The Morgan fingerprint density at radius 2 is 1.02 bits per heavy atom. The molecule has 226 valence electrons. The van der Waals surface area contributed by atoms with Gasteiger partial charge in [-0.1, -0.05) is 96.1 Å². The van der Waals surface area contributed by atoms with Crippen LogP contribution in [0.2, 0.25) is 0 Å². The molecule has 0 aliphatic heterocycles. The van der Waals surface area contributed by atoms with E-state index in [-0.39, 0.29) is 0 Å². The highest BCUT2D eigenvalue weighted by atomic mass is 15.4. The van der Waals surface area contributed by atoms with Gasteiger partial charge in [-0.15, -0.1) is 0 Å². The number of benzene rings is 5. The zero-order valence-electron chi connectivity index (χ0n) is 25.5. The van der Waals surface area contributed by atoms with Crippen LogP contribution in [0.25, 0.3) is 11.1 Å². The molecule has 0 saturated heterocycles. The topological polar surface area (TPSA) is 93.9 Å². The Kier molecular flexibility index (Phi) is 8.53. The van der Waals surface area contributed by atoms with Crippen LogP contribution in [0.15, 0.2) is 175 Å². The summed E-state index contributed by atoms with van der Waals surface area (Å²) in [7, 11) is 0. The second-order valence-electron chi connectivity index (χ2n) is 10.9. The van der Waals surface area contributed by atoms with Gasteiger partial charge in [0.15, 0.2) is 5.71 Å². The second-order valence-corrected chi connectivity index (χ2v) is 10.9. The van der Waals surface area contributed by atoms with E-state index >= 15 is 0 Å². The molecule has 6 aromatic rings. The van der Waals surface area contributed by atoms with Crippen LogP contribution in [0.1, 0.15) is 11.1 Å². The monoisotopic (exact) mass is 610 g/mol. The number of hydrogen-bond acceptors (Lipinski definition) is 6. The summed E-state index contributed by atoms with van der Waals surface area (Å²) in [6.07, 6.45) is 7.41. The van der Waals surface area contributed by atoms with Crippen LogP contribution in [0.5, 0.6) is 0 Å². The van der Waals surface area contributed by atoms with Crippen molar-refractivity contribution in [3.63, 3.8) is 0 Å². The first kappa shape index (κ1) is 29.3. The third-order valence-corrected chi connectivity index (χ3v) is 7.80. The largest absolute Gasteiger partial charge is 0.356 e. The van der Waals surface area contributed by atoms with Crippen LogP contribution in [0, 0.1) is 5.41 Å². The predicted molar refractivity (Wildman–Crippen MR) is 192 cm³/mol. The third kappa shape index (κ3) is 6.66. The number of para-hydroxylation sites is 3. The van der Waals surface area contributed by atoms with Crippen molar-refractivity contribution in [3.8, 4) is 0 Å². The molecule has 4 N–H and O–H groups in total. The van der Waals surface area contributed by atoms with E-state index in [0.717, 1.165) is 50.7 Å². The smallest absolute Gasteiger partial charge is 0.352 e. The lowest BCUT2D eigenvalue weighted by molar-refractivity contribution is -0.584. The fourth-order valence-corrected chi connectivity index (χ4v) is 5.51. The molecule has 7 nitrogen and oxygen atoms in total. The molecule has 0 radical (unpaired) electrons. The summed E-state index contributed by atoms with van der Waals surface area (Å²) in [4.78, 5) is 10.8. The minimum atomic E-state index is 0.331. The summed E-state index contributed by atoms with van der Waals surface area (Å²) < 4.78 is 0. The van der Waals surface area contributed by atoms with Gasteiger partial charge in [0.25, 0.3) is 0 Å². The quantitative estimate of drug-likeness (QED) is 0.0870. The number of nitrogens with one attached hydrogen (secondary N) is 2. The fourth-order valence-electron chi connectivity index (χ4n) is 5.51. The number of rotatable bonds is 9. The Balaban J connectivity index is 1.23. The number of nitrogens with two attached hydrogens (primary N) is 1. The highest BCUT2D eigenvalue weighted by Crippen LogP contribution is 2.36. The lowest BCUT2D eigenvalue weighted by atomic mass is 9.86. The molecule has 0 bridgehead atoms. The van der Waals surface area contributed by atoms with Crippen LogP contribution < -0.4 is 15.6 Å². The van der Waals surface area contributed by atoms with Gasteiger partial charge >= 0.3 is 5.95 Å². The predicted octanol–water partition coefficient (Wildman–Crippen LogP) is 8.44. The first-order chi connectivity index (χ1) is 23.2. The summed E-state index contributed by atoms with van der Waals surface area (Å²) in [5, 5.41) is 17.6. The van der Waals surface area contributed by atoms with Gasteiger partial charge in [0.1, 0.15) is 0 Å². The van der Waals surface area contributed by atoms with Crippen molar-refractivity contribution in [1.82, 2.24) is 9.97 Å². The Morgan fingerprint density at radius 3 is 1.64 bits per heavy atom. The van der Waals surface area contributed by atoms with E-state index in [2.05, 4.69) is 68.7 Å². The van der Waals surface area contributed by atoms with E-state index in [4.69, 9.17) is 5.10 Å². The summed E-state index contributed by atoms with van der Waals surface area (Å²) in [6.45, 7) is 0. The lowest BCUT2D eigenvalue weighted by Gasteiger charge is -2.26. The molecule has 1 heterocycles. The lowest BCUT2D eigenvalue weighted by Crippen LogP contribution is -2.73. The Morgan fingerprint density at radius 1 is 0.532 bits per heavy atom. The molecule has 0 unspecified atom stereocenters. The van der Waals surface area contributed by atoms with Crippen molar-refractivity contribution < 1.29 is 5.43 Å². The van der Waals surface area contributed by atoms with Crippen LogP contribution in [-0.4, -0.2) is 21.4 Å². The Bertz CT molecular complexity index is 2020. The van der Waals surface area contributed by atoms with Crippen molar-refractivity contribution in [1.29, 1.82) is 5.41 Å². The van der Waals surface area contributed by atoms with E-state index in [0.29, 0.717) is 17.4 Å². The summed E-state index contributed by atoms with van der Waals surface area (Å²) in [5.41, 5.74) is 11.2. The number of allylic oxidation sites excluding steroid dienone is 4. The number of quaternary nitrogens is 1. The van der Waals surface area contributed by atoms with Crippen LogP contribution in [-0.2, 0) is 0 Å². The van der Waals surface area contributed by atoms with Gasteiger partial charge in [-0.25, -0.2) is 0 Å². The molecule has 1 aliphatic rings. The fraction of sp³-hybridized carbons (Fsp3) is 0. The van der Waals surface area contributed by atoms with Gasteiger partial charge in [-0.05, 0) is 77.9 Å². The maximum absolute atomic E-state index is 9.33. The first-order valence-electron chi connectivity index (χ1n) is 15.4. The highest BCUT2D eigenvalue weighted by Gasteiger charge is 2.25. The molecule has 0 saturated carbocycles. The zero-order chi connectivity index (χ0) is 31.8. The van der Waals surface area contributed by atoms with E-state index < -0.39 is 0 Å². The molecule has 1 aliphatic carbocycles. The molecule has 0 amide bonds.